The molecule has 3 amide bonds. The lowest BCUT2D eigenvalue weighted by Gasteiger charge is -2.36. The van der Waals surface area contributed by atoms with Gasteiger partial charge in [0.2, 0.25) is 0 Å². The number of amides is 3. The second-order valence-electron chi connectivity index (χ2n) is 8.44. The minimum atomic E-state index is -0.213. The molecule has 1 aliphatic heterocycles. The van der Waals surface area contributed by atoms with E-state index in [0.29, 0.717) is 30.1 Å². The SMILES string of the molecule is COc1cccc(C(=O)Nc2ccc(N3CCCN(Cc4cc(C)cc(C)c4)C3=O)cc2)c1. The molecule has 0 unspecified atom stereocenters. The van der Waals surface area contributed by atoms with E-state index >= 15 is 0 Å². The molecule has 3 aromatic carbocycles. The summed E-state index contributed by atoms with van der Waals surface area (Å²) >= 11 is 0. The van der Waals surface area contributed by atoms with Crippen molar-refractivity contribution in [2.75, 3.05) is 30.4 Å². The molecular formula is C27H29N3O3. The van der Waals surface area contributed by atoms with Crippen LogP contribution in [0.3, 0.4) is 0 Å². The van der Waals surface area contributed by atoms with Crippen molar-refractivity contribution >= 4 is 23.3 Å². The van der Waals surface area contributed by atoms with Gasteiger partial charge in [0.05, 0.1) is 7.11 Å². The molecular weight excluding hydrogens is 414 g/mol. The first-order chi connectivity index (χ1) is 15.9. The Balaban J connectivity index is 1.43. The van der Waals surface area contributed by atoms with Crippen molar-refractivity contribution in [3.63, 3.8) is 0 Å². The van der Waals surface area contributed by atoms with Crippen molar-refractivity contribution in [1.29, 1.82) is 0 Å². The number of carbonyl (C=O) groups is 2. The molecule has 0 bridgehead atoms. The highest BCUT2D eigenvalue weighted by Gasteiger charge is 2.27. The molecule has 170 valence electrons. The van der Waals surface area contributed by atoms with Gasteiger partial charge < -0.3 is 15.0 Å². The van der Waals surface area contributed by atoms with Crippen molar-refractivity contribution in [3.8, 4) is 5.75 Å². The standard InChI is InChI=1S/C27H29N3O3/c1-19-14-20(2)16-21(15-19)18-29-12-5-13-30(27(29)32)24-10-8-23(9-11-24)28-26(31)22-6-4-7-25(17-22)33-3/h4,6-11,14-17H,5,12-13,18H2,1-3H3,(H,28,31). The van der Waals surface area contributed by atoms with Crippen molar-refractivity contribution < 1.29 is 14.3 Å². The Morgan fingerprint density at radius 2 is 1.70 bits per heavy atom. The minimum absolute atomic E-state index is 0.00794. The Morgan fingerprint density at radius 1 is 0.970 bits per heavy atom. The Kier molecular flexibility index (Phi) is 6.63. The lowest BCUT2D eigenvalue weighted by Crippen LogP contribution is -2.49. The molecule has 0 saturated carbocycles. The van der Waals surface area contributed by atoms with Gasteiger partial charge in [0.15, 0.2) is 0 Å². The van der Waals surface area contributed by atoms with Crippen LogP contribution >= 0.6 is 0 Å². The summed E-state index contributed by atoms with van der Waals surface area (Å²) in [6.07, 6.45) is 0.908. The van der Waals surface area contributed by atoms with E-state index < -0.39 is 0 Å². The molecule has 0 radical (unpaired) electrons. The van der Waals surface area contributed by atoms with Crippen LogP contribution in [0.2, 0.25) is 0 Å². The number of ether oxygens (including phenoxy) is 1. The number of hydrogen-bond acceptors (Lipinski definition) is 3. The number of methoxy groups -OCH3 is 1. The molecule has 6 heteroatoms. The lowest BCUT2D eigenvalue weighted by atomic mass is 10.1. The summed E-state index contributed by atoms with van der Waals surface area (Å²) in [5, 5.41) is 2.89. The van der Waals surface area contributed by atoms with Crippen molar-refractivity contribution in [2.24, 2.45) is 0 Å². The lowest BCUT2D eigenvalue weighted by molar-refractivity contribution is 0.102. The highest BCUT2D eigenvalue weighted by Crippen LogP contribution is 2.24. The predicted molar refractivity (Wildman–Crippen MR) is 131 cm³/mol. The molecule has 33 heavy (non-hydrogen) atoms. The highest BCUT2D eigenvalue weighted by molar-refractivity contribution is 6.04. The molecule has 0 spiro atoms. The number of rotatable bonds is 6. The number of nitrogens with zero attached hydrogens (tertiary/aromatic N) is 2. The summed E-state index contributed by atoms with van der Waals surface area (Å²) < 4.78 is 5.18. The van der Waals surface area contributed by atoms with E-state index in [1.807, 2.05) is 29.2 Å². The van der Waals surface area contributed by atoms with Gasteiger partial charge in [-0.15, -0.1) is 0 Å². The average Bonchev–Trinajstić information content (AvgIpc) is 2.80. The zero-order chi connectivity index (χ0) is 23.4. The molecule has 1 saturated heterocycles. The zero-order valence-corrected chi connectivity index (χ0v) is 19.3. The van der Waals surface area contributed by atoms with Gasteiger partial charge in [-0.3, -0.25) is 9.69 Å². The van der Waals surface area contributed by atoms with Gasteiger partial charge >= 0.3 is 6.03 Å². The third-order valence-electron chi connectivity index (χ3n) is 5.73. The van der Waals surface area contributed by atoms with E-state index in [0.717, 1.165) is 24.2 Å². The van der Waals surface area contributed by atoms with E-state index in [1.165, 1.54) is 11.1 Å². The van der Waals surface area contributed by atoms with Crippen LogP contribution in [-0.2, 0) is 6.54 Å². The molecule has 0 aromatic heterocycles. The maximum Gasteiger partial charge on any atom is 0.324 e. The van der Waals surface area contributed by atoms with E-state index in [4.69, 9.17) is 4.74 Å². The Morgan fingerprint density at radius 3 is 2.39 bits per heavy atom. The molecule has 6 nitrogen and oxygen atoms in total. The fraction of sp³-hybridized carbons (Fsp3) is 0.259. The second kappa shape index (κ2) is 9.77. The molecule has 1 fully saturated rings. The summed E-state index contributed by atoms with van der Waals surface area (Å²) in [5.41, 5.74) is 5.58. The Bertz CT molecular complexity index is 1140. The Hall–Kier alpha value is -3.80. The van der Waals surface area contributed by atoms with Gasteiger partial charge in [0.25, 0.3) is 5.91 Å². The van der Waals surface area contributed by atoms with Crippen LogP contribution in [0.25, 0.3) is 0 Å². The number of nitrogens with one attached hydrogen (secondary N) is 1. The van der Waals surface area contributed by atoms with Gasteiger partial charge in [-0.2, -0.15) is 0 Å². The van der Waals surface area contributed by atoms with E-state index in [1.54, 1.807) is 36.3 Å². The van der Waals surface area contributed by atoms with Crippen molar-refractivity contribution in [1.82, 2.24) is 4.90 Å². The number of urea groups is 1. The first-order valence-corrected chi connectivity index (χ1v) is 11.1. The Labute approximate surface area is 194 Å². The van der Waals surface area contributed by atoms with Crippen molar-refractivity contribution in [3.05, 3.63) is 89.0 Å². The molecule has 1 N–H and O–H groups in total. The van der Waals surface area contributed by atoms with Crippen LogP contribution in [0.1, 0.15) is 33.5 Å². The van der Waals surface area contributed by atoms with Crippen LogP contribution in [-0.4, -0.2) is 37.0 Å². The highest BCUT2D eigenvalue weighted by atomic mass is 16.5. The van der Waals surface area contributed by atoms with Crippen LogP contribution < -0.4 is 15.0 Å². The first kappa shape index (κ1) is 22.4. The number of carbonyl (C=O) groups excluding carboxylic acids is 2. The third-order valence-corrected chi connectivity index (χ3v) is 5.73. The summed E-state index contributed by atoms with van der Waals surface area (Å²) in [5.74, 6) is 0.419. The van der Waals surface area contributed by atoms with Crippen LogP contribution in [0.5, 0.6) is 5.75 Å². The maximum absolute atomic E-state index is 13.2. The van der Waals surface area contributed by atoms with Crippen molar-refractivity contribution in [2.45, 2.75) is 26.8 Å². The first-order valence-electron chi connectivity index (χ1n) is 11.1. The van der Waals surface area contributed by atoms with Gasteiger partial charge in [-0.25, -0.2) is 4.79 Å². The van der Waals surface area contributed by atoms with E-state index in [-0.39, 0.29) is 11.9 Å². The summed E-state index contributed by atoms with van der Waals surface area (Å²) in [6.45, 7) is 6.19. The minimum Gasteiger partial charge on any atom is -0.497 e. The largest absolute Gasteiger partial charge is 0.497 e. The van der Waals surface area contributed by atoms with Gasteiger partial charge in [-0.05, 0) is 68.3 Å². The number of hydrogen-bond donors (Lipinski definition) is 1. The van der Waals surface area contributed by atoms with Crippen LogP contribution in [0.4, 0.5) is 16.2 Å². The average molecular weight is 444 g/mol. The van der Waals surface area contributed by atoms with E-state index in [9.17, 15) is 9.59 Å². The monoisotopic (exact) mass is 443 g/mol. The fourth-order valence-corrected chi connectivity index (χ4v) is 4.24. The van der Waals surface area contributed by atoms with Crippen LogP contribution in [0, 0.1) is 13.8 Å². The fourth-order valence-electron chi connectivity index (χ4n) is 4.24. The summed E-state index contributed by atoms with van der Waals surface area (Å²) in [7, 11) is 1.57. The van der Waals surface area contributed by atoms with Gasteiger partial charge in [0.1, 0.15) is 5.75 Å². The maximum atomic E-state index is 13.2. The predicted octanol–water partition coefficient (Wildman–Crippen LogP) is 5.40. The van der Waals surface area contributed by atoms with Crippen LogP contribution in [0.15, 0.2) is 66.7 Å². The molecule has 1 heterocycles. The molecule has 0 aliphatic carbocycles. The van der Waals surface area contributed by atoms with Gasteiger partial charge in [0, 0.05) is 36.6 Å². The second-order valence-corrected chi connectivity index (χ2v) is 8.44. The number of benzene rings is 3. The smallest absolute Gasteiger partial charge is 0.324 e. The summed E-state index contributed by atoms with van der Waals surface area (Å²) in [6, 6.07) is 20.8. The van der Waals surface area contributed by atoms with Gasteiger partial charge in [-0.1, -0.05) is 35.4 Å². The zero-order valence-electron chi connectivity index (χ0n) is 19.3. The van der Waals surface area contributed by atoms with E-state index in [2.05, 4.69) is 37.4 Å². The normalized spacial score (nSPS) is 13.7. The molecule has 3 aromatic rings. The quantitative estimate of drug-likeness (QED) is 0.555. The summed E-state index contributed by atoms with van der Waals surface area (Å²) in [4.78, 5) is 29.4. The molecule has 0 atom stereocenters. The molecule has 4 rings (SSSR count). The number of aryl methyl sites for hydroxylation is 2. The number of anilines is 2. The topological polar surface area (TPSA) is 61.9 Å². The third kappa shape index (κ3) is 5.34. The molecule has 1 aliphatic rings.